The van der Waals surface area contributed by atoms with E-state index in [9.17, 15) is 0 Å². The standard InChI is InChI=1S/C17H18N4/c1-11-8-9-14(12(2)10-11)13(3)20-21-17-18-15-6-4-5-7-16(15)19-17/h4-10H,1-3H3,(H2,18,19,21)/b20-13-. The summed E-state index contributed by atoms with van der Waals surface area (Å²) in [6.07, 6.45) is 0. The maximum absolute atomic E-state index is 4.44. The third kappa shape index (κ3) is 2.79. The normalized spacial score (nSPS) is 11.9. The summed E-state index contributed by atoms with van der Waals surface area (Å²) in [5, 5.41) is 4.42. The number of hydrogen-bond donors (Lipinski definition) is 2. The lowest BCUT2D eigenvalue weighted by atomic mass is 10.0. The molecule has 0 fully saturated rings. The first kappa shape index (κ1) is 13.4. The number of nitrogens with zero attached hydrogens (tertiary/aromatic N) is 2. The summed E-state index contributed by atoms with van der Waals surface area (Å²) in [6, 6.07) is 14.3. The first-order valence-corrected chi connectivity index (χ1v) is 6.96. The van der Waals surface area contributed by atoms with Crippen molar-refractivity contribution in [3.63, 3.8) is 0 Å². The third-order valence-electron chi connectivity index (χ3n) is 3.49. The second kappa shape index (κ2) is 5.40. The molecule has 0 aliphatic heterocycles. The molecule has 0 unspecified atom stereocenters. The third-order valence-corrected chi connectivity index (χ3v) is 3.49. The molecule has 1 heterocycles. The van der Waals surface area contributed by atoms with Gasteiger partial charge in [-0.05, 0) is 38.5 Å². The molecule has 0 spiro atoms. The Kier molecular flexibility index (Phi) is 3.44. The maximum Gasteiger partial charge on any atom is 0.222 e. The van der Waals surface area contributed by atoms with Crippen molar-refractivity contribution in [1.82, 2.24) is 9.97 Å². The molecule has 21 heavy (non-hydrogen) atoms. The second-order valence-corrected chi connectivity index (χ2v) is 5.23. The van der Waals surface area contributed by atoms with E-state index >= 15 is 0 Å². The Morgan fingerprint density at radius 1 is 1.14 bits per heavy atom. The summed E-state index contributed by atoms with van der Waals surface area (Å²) in [7, 11) is 0. The lowest BCUT2D eigenvalue weighted by Gasteiger charge is -2.06. The van der Waals surface area contributed by atoms with E-state index < -0.39 is 0 Å². The first-order chi connectivity index (χ1) is 10.1. The van der Waals surface area contributed by atoms with Gasteiger partial charge in [-0.2, -0.15) is 5.10 Å². The first-order valence-electron chi connectivity index (χ1n) is 6.96. The number of hydrogen-bond acceptors (Lipinski definition) is 3. The molecule has 3 rings (SSSR count). The van der Waals surface area contributed by atoms with Crippen molar-refractivity contribution < 1.29 is 0 Å². The predicted octanol–water partition coefficient (Wildman–Crippen LogP) is 4.02. The summed E-state index contributed by atoms with van der Waals surface area (Å²) in [4.78, 5) is 7.64. The number of para-hydroxylation sites is 2. The van der Waals surface area contributed by atoms with E-state index in [-0.39, 0.29) is 0 Å². The average Bonchev–Trinajstić information content (AvgIpc) is 2.87. The minimum atomic E-state index is 0.653. The summed E-state index contributed by atoms with van der Waals surface area (Å²) >= 11 is 0. The monoisotopic (exact) mass is 278 g/mol. The SMILES string of the molecule is C/C(=N/Nc1nc2ccccc2[nH]1)c1ccc(C)cc1C. The molecular formula is C17H18N4. The van der Waals surface area contributed by atoms with Gasteiger partial charge < -0.3 is 4.98 Å². The van der Waals surface area contributed by atoms with E-state index in [2.05, 4.69) is 52.5 Å². The van der Waals surface area contributed by atoms with Crippen LogP contribution in [0.1, 0.15) is 23.6 Å². The number of anilines is 1. The van der Waals surface area contributed by atoms with E-state index in [1.54, 1.807) is 0 Å². The maximum atomic E-state index is 4.44. The van der Waals surface area contributed by atoms with Crippen LogP contribution in [0.3, 0.4) is 0 Å². The Morgan fingerprint density at radius 3 is 2.71 bits per heavy atom. The van der Waals surface area contributed by atoms with Gasteiger partial charge in [0.1, 0.15) is 0 Å². The highest BCUT2D eigenvalue weighted by Crippen LogP contribution is 2.14. The van der Waals surface area contributed by atoms with Gasteiger partial charge in [0.05, 0.1) is 16.7 Å². The van der Waals surface area contributed by atoms with Crippen LogP contribution >= 0.6 is 0 Å². The van der Waals surface area contributed by atoms with Gasteiger partial charge >= 0.3 is 0 Å². The molecule has 4 nitrogen and oxygen atoms in total. The van der Waals surface area contributed by atoms with Crippen molar-refractivity contribution in [1.29, 1.82) is 0 Å². The number of nitrogens with one attached hydrogen (secondary N) is 2. The molecule has 0 aliphatic rings. The van der Waals surface area contributed by atoms with E-state index in [1.807, 2.05) is 31.2 Å². The highest BCUT2D eigenvalue weighted by atomic mass is 15.4. The van der Waals surface area contributed by atoms with Crippen molar-refractivity contribution in [3.8, 4) is 0 Å². The van der Waals surface area contributed by atoms with Crippen LogP contribution in [0.5, 0.6) is 0 Å². The number of aromatic amines is 1. The van der Waals surface area contributed by atoms with Gasteiger partial charge in [-0.3, -0.25) is 0 Å². The van der Waals surface area contributed by atoms with Crippen molar-refractivity contribution in [3.05, 3.63) is 59.2 Å². The fraction of sp³-hybridized carbons (Fsp3) is 0.176. The van der Waals surface area contributed by atoms with Crippen LogP contribution < -0.4 is 5.43 Å². The number of imidazole rings is 1. The fourth-order valence-corrected chi connectivity index (χ4v) is 2.42. The van der Waals surface area contributed by atoms with Crippen molar-refractivity contribution in [2.24, 2.45) is 5.10 Å². The van der Waals surface area contributed by atoms with Crippen molar-refractivity contribution in [2.75, 3.05) is 5.43 Å². The molecule has 4 heteroatoms. The lowest BCUT2D eigenvalue weighted by Crippen LogP contribution is -2.02. The van der Waals surface area contributed by atoms with Gasteiger partial charge in [0, 0.05) is 5.56 Å². The summed E-state index contributed by atoms with van der Waals surface area (Å²) in [6.45, 7) is 6.19. The molecule has 0 saturated carbocycles. The number of aromatic nitrogens is 2. The van der Waals surface area contributed by atoms with Gasteiger partial charge in [0.2, 0.25) is 5.95 Å². The number of aryl methyl sites for hydroxylation is 2. The zero-order valence-corrected chi connectivity index (χ0v) is 12.4. The van der Waals surface area contributed by atoms with Gasteiger partial charge in [0.25, 0.3) is 0 Å². The molecule has 0 amide bonds. The fourth-order valence-electron chi connectivity index (χ4n) is 2.42. The highest BCUT2D eigenvalue weighted by molar-refractivity contribution is 6.00. The smallest absolute Gasteiger partial charge is 0.222 e. The molecule has 0 saturated heterocycles. The Bertz CT molecular complexity index is 782. The number of benzene rings is 2. The summed E-state index contributed by atoms with van der Waals surface area (Å²) in [5.74, 6) is 0.653. The van der Waals surface area contributed by atoms with Crippen molar-refractivity contribution in [2.45, 2.75) is 20.8 Å². The van der Waals surface area contributed by atoms with Crippen LogP contribution in [0.25, 0.3) is 11.0 Å². The topological polar surface area (TPSA) is 53.1 Å². The number of H-pyrrole nitrogens is 1. The molecular weight excluding hydrogens is 260 g/mol. The van der Waals surface area contributed by atoms with Crippen LogP contribution in [-0.2, 0) is 0 Å². The number of fused-ring (bicyclic) bond motifs is 1. The molecule has 1 aromatic heterocycles. The zero-order chi connectivity index (χ0) is 14.8. The zero-order valence-electron chi connectivity index (χ0n) is 12.4. The molecule has 0 aliphatic carbocycles. The van der Waals surface area contributed by atoms with Crippen molar-refractivity contribution >= 4 is 22.7 Å². The number of hydrazone groups is 1. The lowest BCUT2D eigenvalue weighted by molar-refractivity contribution is 1.20. The number of rotatable bonds is 3. The molecule has 2 aromatic carbocycles. The minimum Gasteiger partial charge on any atom is -0.323 e. The second-order valence-electron chi connectivity index (χ2n) is 5.23. The molecule has 3 aromatic rings. The molecule has 2 N–H and O–H groups in total. The van der Waals surface area contributed by atoms with Crippen LogP contribution in [-0.4, -0.2) is 15.7 Å². The Balaban J connectivity index is 1.84. The van der Waals surface area contributed by atoms with Gasteiger partial charge in [-0.1, -0.05) is 35.9 Å². The average molecular weight is 278 g/mol. The molecule has 106 valence electrons. The molecule has 0 atom stereocenters. The Hall–Kier alpha value is -2.62. The van der Waals surface area contributed by atoms with E-state index in [0.29, 0.717) is 5.95 Å². The summed E-state index contributed by atoms with van der Waals surface area (Å²) in [5.41, 5.74) is 9.49. The van der Waals surface area contributed by atoms with E-state index in [0.717, 1.165) is 22.3 Å². The van der Waals surface area contributed by atoms with Crippen LogP contribution in [0, 0.1) is 13.8 Å². The highest BCUT2D eigenvalue weighted by Gasteiger charge is 2.04. The Morgan fingerprint density at radius 2 is 1.95 bits per heavy atom. The van der Waals surface area contributed by atoms with Crippen LogP contribution in [0.2, 0.25) is 0 Å². The quantitative estimate of drug-likeness (QED) is 0.561. The Labute approximate surface area is 123 Å². The van der Waals surface area contributed by atoms with E-state index in [1.165, 1.54) is 11.1 Å². The van der Waals surface area contributed by atoms with Gasteiger partial charge in [0.15, 0.2) is 0 Å². The van der Waals surface area contributed by atoms with Crippen LogP contribution in [0.4, 0.5) is 5.95 Å². The largest absolute Gasteiger partial charge is 0.323 e. The summed E-state index contributed by atoms with van der Waals surface area (Å²) < 4.78 is 0. The van der Waals surface area contributed by atoms with Gasteiger partial charge in [-0.25, -0.2) is 10.4 Å². The van der Waals surface area contributed by atoms with Gasteiger partial charge in [-0.15, -0.1) is 0 Å². The molecule has 0 radical (unpaired) electrons. The predicted molar refractivity (Wildman–Crippen MR) is 87.8 cm³/mol. The minimum absolute atomic E-state index is 0.653. The van der Waals surface area contributed by atoms with E-state index in [4.69, 9.17) is 0 Å². The van der Waals surface area contributed by atoms with Crippen LogP contribution in [0.15, 0.2) is 47.6 Å². The molecule has 0 bridgehead atoms.